The van der Waals surface area contributed by atoms with Crippen LogP contribution in [-0.4, -0.2) is 44.0 Å². The van der Waals surface area contributed by atoms with E-state index >= 15 is 0 Å². The number of rotatable bonds is 7. The highest BCUT2D eigenvalue weighted by Gasteiger charge is 2.19. The Morgan fingerprint density at radius 3 is 2.62 bits per heavy atom. The molecule has 1 aliphatic heterocycles. The minimum Gasteiger partial charge on any atom is -0.326 e. The van der Waals surface area contributed by atoms with Crippen molar-refractivity contribution in [1.29, 1.82) is 0 Å². The molecule has 2 rings (SSSR count). The average Bonchev–Trinajstić information content (AvgIpc) is 2.53. The van der Waals surface area contributed by atoms with Crippen molar-refractivity contribution in [3.8, 4) is 0 Å². The molecule has 0 aliphatic carbocycles. The molecule has 21 heavy (non-hydrogen) atoms. The highest BCUT2D eigenvalue weighted by Crippen LogP contribution is 2.20. The summed E-state index contributed by atoms with van der Waals surface area (Å²) in [5, 5.41) is 6.17. The van der Waals surface area contributed by atoms with Crippen LogP contribution in [0.5, 0.6) is 0 Å². The molecular formula is C17H27N3O. The molecule has 2 N–H and O–H groups in total. The minimum atomic E-state index is 0.110. The summed E-state index contributed by atoms with van der Waals surface area (Å²) in [6.45, 7) is 4.25. The van der Waals surface area contributed by atoms with Crippen LogP contribution in [0.4, 0.5) is 5.69 Å². The van der Waals surface area contributed by atoms with Crippen molar-refractivity contribution in [1.82, 2.24) is 10.2 Å². The zero-order valence-corrected chi connectivity index (χ0v) is 13.0. The number of nitrogens with one attached hydrogen (secondary N) is 2. The fraction of sp³-hybridized carbons (Fsp3) is 0.588. The molecule has 1 aliphatic rings. The van der Waals surface area contributed by atoms with Crippen LogP contribution in [0.2, 0.25) is 0 Å². The molecule has 1 amide bonds. The van der Waals surface area contributed by atoms with Gasteiger partial charge in [0.2, 0.25) is 5.91 Å². The van der Waals surface area contributed by atoms with Crippen molar-refractivity contribution in [3.05, 3.63) is 30.3 Å². The molecule has 0 unspecified atom stereocenters. The van der Waals surface area contributed by atoms with Gasteiger partial charge in [-0.2, -0.15) is 0 Å². The molecule has 1 saturated heterocycles. The molecule has 1 aromatic carbocycles. The monoisotopic (exact) mass is 289 g/mol. The van der Waals surface area contributed by atoms with Gasteiger partial charge in [0.15, 0.2) is 0 Å². The normalized spacial score (nSPS) is 16.8. The first-order valence-electron chi connectivity index (χ1n) is 8.00. The van der Waals surface area contributed by atoms with Crippen LogP contribution in [-0.2, 0) is 4.79 Å². The lowest BCUT2D eigenvalue weighted by Gasteiger charge is -2.31. The van der Waals surface area contributed by atoms with Gasteiger partial charge in [0.05, 0.1) is 0 Å². The predicted molar refractivity (Wildman–Crippen MR) is 87.4 cm³/mol. The SMILES string of the molecule is CNCCC1CCN(CCC(=O)Nc2ccccc2)CC1. The summed E-state index contributed by atoms with van der Waals surface area (Å²) in [6.07, 6.45) is 4.39. The summed E-state index contributed by atoms with van der Waals surface area (Å²) >= 11 is 0. The third-order valence-corrected chi connectivity index (χ3v) is 4.22. The second-order valence-electron chi connectivity index (χ2n) is 5.84. The molecule has 4 heteroatoms. The zero-order valence-electron chi connectivity index (χ0n) is 13.0. The highest BCUT2D eigenvalue weighted by molar-refractivity contribution is 5.90. The molecule has 0 atom stereocenters. The maximum absolute atomic E-state index is 11.9. The van der Waals surface area contributed by atoms with Gasteiger partial charge in [-0.3, -0.25) is 4.79 Å². The molecule has 0 saturated carbocycles. The maximum Gasteiger partial charge on any atom is 0.225 e. The van der Waals surface area contributed by atoms with E-state index < -0.39 is 0 Å². The quantitative estimate of drug-likeness (QED) is 0.810. The van der Waals surface area contributed by atoms with E-state index in [4.69, 9.17) is 0 Å². The van der Waals surface area contributed by atoms with Crippen molar-refractivity contribution in [2.24, 2.45) is 5.92 Å². The van der Waals surface area contributed by atoms with Crippen LogP contribution >= 0.6 is 0 Å². The van der Waals surface area contributed by atoms with Crippen molar-refractivity contribution in [3.63, 3.8) is 0 Å². The number of para-hydroxylation sites is 1. The molecule has 0 bridgehead atoms. The summed E-state index contributed by atoms with van der Waals surface area (Å²) in [7, 11) is 2.01. The second-order valence-corrected chi connectivity index (χ2v) is 5.84. The number of anilines is 1. The number of carbonyl (C=O) groups is 1. The summed E-state index contributed by atoms with van der Waals surface area (Å²) in [4.78, 5) is 14.3. The van der Waals surface area contributed by atoms with Gasteiger partial charge in [-0.15, -0.1) is 0 Å². The van der Waals surface area contributed by atoms with Gasteiger partial charge in [0.1, 0.15) is 0 Å². The van der Waals surface area contributed by atoms with Crippen molar-refractivity contribution < 1.29 is 4.79 Å². The molecule has 1 heterocycles. The van der Waals surface area contributed by atoms with Crippen molar-refractivity contribution in [2.75, 3.05) is 38.5 Å². The Labute approximate surface area is 127 Å². The van der Waals surface area contributed by atoms with E-state index in [0.717, 1.165) is 37.8 Å². The van der Waals surface area contributed by atoms with Crippen molar-refractivity contribution >= 4 is 11.6 Å². The van der Waals surface area contributed by atoms with Gasteiger partial charge in [0, 0.05) is 18.7 Å². The number of hydrogen-bond donors (Lipinski definition) is 2. The van der Waals surface area contributed by atoms with Crippen LogP contribution in [0.3, 0.4) is 0 Å². The Morgan fingerprint density at radius 2 is 1.95 bits per heavy atom. The maximum atomic E-state index is 11.9. The van der Waals surface area contributed by atoms with E-state index in [-0.39, 0.29) is 5.91 Å². The molecule has 4 nitrogen and oxygen atoms in total. The van der Waals surface area contributed by atoms with E-state index in [1.54, 1.807) is 0 Å². The lowest BCUT2D eigenvalue weighted by molar-refractivity contribution is -0.116. The third kappa shape index (κ3) is 5.86. The Bertz CT molecular complexity index is 413. The van der Waals surface area contributed by atoms with Gasteiger partial charge in [-0.25, -0.2) is 0 Å². The fourth-order valence-electron chi connectivity index (χ4n) is 2.85. The molecule has 116 valence electrons. The Hall–Kier alpha value is -1.39. The molecule has 1 aromatic rings. The van der Waals surface area contributed by atoms with Crippen LogP contribution in [0.15, 0.2) is 30.3 Å². The fourth-order valence-corrected chi connectivity index (χ4v) is 2.85. The standard InChI is InChI=1S/C17H27N3O/c1-18-11-7-15-8-12-20(13-9-15)14-10-17(21)19-16-5-3-2-4-6-16/h2-6,15,18H,7-14H2,1H3,(H,19,21). The van der Waals surface area contributed by atoms with Crippen LogP contribution in [0, 0.1) is 5.92 Å². The molecule has 0 aromatic heterocycles. The lowest BCUT2D eigenvalue weighted by Crippen LogP contribution is -2.36. The van der Waals surface area contributed by atoms with E-state index in [1.807, 2.05) is 37.4 Å². The number of carbonyl (C=O) groups excluding carboxylic acids is 1. The van der Waals surface area contributed by atoms with Crippen LogP contribution < -0.4 is 10.6 Å². The smallest absolute Gasteiger partial charge is 0.225 e. The van der Waals surface area contributed by atoms with Gasteiger partial charge < -0.3 is 15.5 Å². The first-order valence-corrected chi connectivity index (χ1v) is 8.00. The number of amides is 1. The largest absolute Gasteiger partial charge is 0.326 e. The average molecular weight is 289 g/mol. The number of nitrogens with zero attached hydrogens (tertiary/aromatic N) is 1. The highest BCUT2D eigenvalue weighted by atomic mass is 16.1. The van der Waals surface area contributed by atoms with Gasteiger partial charge in [-0.1, -0.05) is 18.2 Å². The summed E-state index contributed by atoms with van der Waals surface area (Å²) in [5.41, 5.74) is 0.883. The minimum absolute atomic E-state index is 0.110. The number of likely N-dealkylation sites (tertiary alicyclic amines) is 1. The summed E-state index contributed by atoms with van der Waals surface area (Å²) in [6, 6.07) is 9.67. The molecular weight excluding hydrogens is 262 g/mol. The molecule has 0 spiro atoms. The Balaban J connectivity index is 1.62. The first-order chi connectivity index (χ1) is 10.3. The van der Waals surface area contributed by atoms with Crippen molar-refractivity contribution in [2.45, 2.75) is 25.7 Å². The predicted octanol–water partition coefficient (Wildman–Crippen LogP) is 2.34. The number of piperidine rings is 1. The Kier molecular flexibility index (Phi) is 6.70. The molecule has 0 radical (unpaired) electrons. The third-order valence-electron chi connectivity index (χ3n) is 4.22. The number of benzene rings is 1. The van der Waals surface area contributed by atoms with Gasteiger partial charge >= 0.3 is 0 Å². The van der Waals surface area contributed by atoms with Crippen LogP contribution in [0.1, 0.15) is 25.7 Å². The molecule has 1 fully saturated rings. The van der Waals surface area contributed by atoms with E-state index in [1.165, 1.54) is 19.3 Å². The summed E-state index contributed by atoms with van der Waals surface area (Å²) < 4.78 is 0. The lowest BCUT2D eigenvalue weighted by atomic mass is 9.93. The van der Waals surface area contributed by atoms with E-state index in [0.29, 0.717) is 6.42 Å². The van der Waals surface area contributed by atoms with Gasteiger partial charge in [0.25, 0.3) is 0 Å². The van der Waals surface area contributed by atoms with Gasteiger partial charge in [-0.05, 0) is 64.0 Å². The zero-order chi connectivity index (χ0) is 14.9. The van der Waals surface area contributed by atoms with E-state index in [9.17, 15) is 4.79 Å². The first kappa shape index (κ1) is 16.0. The summed E-state index contributed by atoms with van der Waals surface area (Å²) in [5.74, 6) is 0.963. The second kappa shape index (κ2) is 8.80. The van der Waals surface area contributed by atoms with E-state index in [2.05, 4.69) is 15.5 Å². The Morgan fingerprint density at radius 1 is 1.24 bits per heavy atom. The van der Waals surface area contributed by atoms with Crippen LogP contribution in [0.25, 0.3) is 0 Å². The topological polar surface area (TPSA) is 44.4 Å². The number of hydrogen-bond acceptors (Lipinski definition) is 3.